The fourth-order valence-electron chi connectivity index (χ4n) is 0.871. The Morgan fingerprint density at radius 2 is 2.00 bits per heavy atom. The maximum absolute atomic E-state index is 5.21. The summed E-state index contributed by atoms with van der Waals surface area (Å²) in [6.07, 6.45) is 0.947. The molecule has 0 aliphatic carbocycles. The molecule has 0 fully saturated rings. The number of para-hydroxylation sites is 1. The van der Waals surface area contributed by atoms with Crippen LogP contribution >= 0.6 is 11.9 Å². The average Bonchev–Trinajstić information content (AvgIpc) is 2.04. The van der Waals surface area contributed by atoms with Crippen molar-refractivity contribution >= 4 is 29.2 Å². The summed E-state index contributed by atoms with van der Waals surface area (Å²) in [5.74, 6) is 0.756. The van der Waals surface area contributed by atoms with Gasteiger partial charge in [0.2, 0.25) is 0 Å². The maximum Gasteiger partial charge on any atom is 0.149 e. The van der Waals surface area contributed by atoms with E-state index in [0.29, 0.717) is 0 Å². The Morgan fingerprint density at radius 1 is 1.36 bits per heavy atom. The molecule has 0 spiro atoms. The van der Waals surface area contributed by atoms with Gasteiger partial charge in [-0.3, -0.25) is 0 Å². The predicted octanol–water partition coefficient (Wildman–Crippen LogP) is 2.40. The van der Waals surface area contributed by atoms with Crippen molar-refractivity contribution in [2.45, 2.75) is 13.3 Å². The molecule has 0 saturated carbocycles. The molecule has 1 aromatic rings. The van der Waals surface area contributed by atoms with E-state index in [1.807, 2.05) is 24.3 Å². The zero-order valence-electron chi connectivity index (χ0n) is 6.38. The summed E-state index contributed by atoms with van der Waals surface area (Å²) in [6, 6.07) is 7.72. The Balaban J connectivity index is 0.000001000. The van der Waals surface area contributed by atoms with Gasteiger partial charge in [0.25, 0.3) is 0 Å². The van der Waals surface area contributed by atoms with Gasteiger partial charge in [-0.1, -0.05) is 25.1 Å². The van der Waals surface area contributed by atoms with Gasteiger partial charge >= 0.3 is 0 Å². The second-order valence-corrected chi connectivity index (χ2v) is 2.19. The summed E-state index contributed by atoms with van der Waals surface area (Å²) in [7, 11) is 0. The van der Waals surface area contributed by atoms with E-state index < -0.39 is 0 Å². The molecule has 0 bridgehead atoms. The van der Waals surface area contributed by atoms with E-state index in [9.17, 15) is 0 Å². The third-order valence-electron chi connectivity index (χ3n) is 1.44. The van der Waals surface area contributed by atoms with Crippen molar-refractivity contribution in [3.05, 3.63) is 29.8 Å². The highest BCUT2D eigenvalue weighted by atomic mass is 35.5. The van der Waals surface area contributed by atoms with Crippen LogP contribution in [0.2, 0.25) is 0 Å². The van der Waals surface area contributed by atoms with Crippen molar-refractivity contribution in [1.29, 1.82) is 0 Å². The number of aryl methyl sites for hydroxylation is 1. The largest absolute Gasteiger partial charge is 0.385 e. The van der Waals surface area contributed by atoms with Gasteiger partial charge in [-0.15, -0.1) is 0 Å². The van der Waals surface area contributed by atoms with Crippen LogP contribution in [0.4, 0.5) is 0 Å². The molecule has 0 saturated heterocycles. The monoisotopic (exact) mass is 183 g/mol. The van der Waals surface area contributed by atoms with E-state index in [1.165, 1.54) is 0 Å². The lowest BCUT2D eigenvalue weighted by Gasteiger charge is -2.00. The Labute approximate surface area is 82.6 Å². The molecule has 0 amide bonds. The van der Waals surface area contributed by atoms with Crippen molar-refractivity contribution in [2.75, 3.05) is 0 Å². The van der Waals surface area contributed by atoms with Crippen LogP contribution in [0.3, 0.4) is 0 Å². The lowest BCUT2D eigenvalue weighted by molar-refractivity contribution is 0.609. The van der Waals surface area contributed by atoms with Crippen LogP contribution in [-0.4, -0.2) is 17.4 Å². The summed E-state index contributed by atoms with van der Waals surface area (Å²) in [5.41, 5.74) is 1.14. The Kier molecular flexibility index (Phi) is 5.41. The van der Waals surface area contributed by atoms with Crippen LogP contribution < -0.4 is 4.29 Å². The Hall–Kier alpha value is -0.158. The lowest BCUT2D eigenvalue weighted by atomic mass is 10.1. The molecule has 0 unspecified atom stereocenters. The van der Waals surface area contributed by atoms with Gasteiger partial charge in [-0.2, -0.15) is 0 Å². The normalized spacial score (nSPS) is 8.55. The average molecular weight is 184 g/mol. The minimum absolute atomic E-state index is 0. The molecule has 0 N–H and O–H groups in total. The number of rotatable bonds is 2. The minimum atomic E-state index is 0. The molecule has 0 atom stereocenters. The molecular formula is C8H9AlClO. The molecule has 11 heavy (non-hydrogen) atoms. The SMILES string of the molecule is CCc1ccccc1OCl.[Al]. The molecule has 0 heterocycles. The third kappa shape index (κ3) is 2.75. The molecule has 3 radical (unpaired) electrons. The first kappa shape index (κ1) is 10.8. The second kappa shape index (κ2) is 5.49. The van der Waals surface area contributed by atoms with Crippen molar-refractivity contribution in [2.24, 2.45) is 0 Å². The second-order valence-electron chi connectivity index (χ2n) is 2.04. The Morgan fingerprint density at radius 3 is 2.45 bits per heavy atom. The van der Waals surface area contributed by atoms with Gasteiger partial charge in [0.05, 0.1) is 0 Å². The van der Waals surface area contributed by atoms with Gasteiger partial charge in [0, 0.05) is 17.4 Å². The molecule has 3 heteroatoms. The number of halogens is 1. The van der Waals surface area contributed by atoms with Crippen molar-refractivity contribution in [1.82, 2.24) is 0 Å². The molecule has 0 aliphatic rings. The van der Waals surface area contributed by atoms with Crippen LogP contribution in [-0.2, 0) is 6.42 Å². The number of hydrogen-bond donors (Lipinski definition) is 0. The van der Waals surface area contributed by atoms with Gasteiger partial charge in [-0.25, -0.2) is 0 Å². The van der Waals surface area contributed by atoms with Crippen LogP contribution in [0.1, 0.15) is 12.5 Å². The molecular weight excluding hydrogens is 175 g/mol. The zero-order chi connectivity index (χ0) is 7.40. The summed E-state index contributed by atoms with van der Waals surface area (Å²) in [5, 5.41) is 0. The van der Waals surface area contributed by atoms with Gasteiger partial charge < -0.3 is 4.29 Å². The van der Waals surface area contributed by atoms with Crippen LogP contribution in [0.15, 0.2) is 24.3 Å². The first-order chi connectivity index (χ1) is 4.88. The molecule has 1 aromatic carbocycles. The fourth-order valence-corrected chi connectivity index (χ4v) is 1.02. The standard InChI is InChI=1S/C8H9ClO.Al/c1-2-7-5-3-4-6-8(7)10-9;/h3-6H,2H2,1H3;. The molecule has 1 nitrogen and oxygen atoms in total. The third-order valence-corrected chi connectivity index (χ3v) is 1.60. The summed E-state index contributed by atoms with van der Waals surface area (Å²) in [6.45, 7) is 2.06. The molecule has 0 aromatic heterocycles. The highest BCUT2D eigenvalue weighted by Crippen LogP contribution is 2.18. The zero-order valence-corrected chi connectivity index (χ0v) is 8.29. The van der Waals surface area contributed by atoms with Crippen molar-refractivity contribution in [3.63, 3.8) is 0 Å². The smallest absolute Gasteiger partial charge is 0.149 e. The fraction of sp³-hybridized carbons (Fsp3) is 0.250. The number of hydrogen-bond acceptors (Lipinski definition) is 1. The van der Waals surface area contributed by atoms with E-state index in [1.54, 1.807) is 0 Å². The van der Waals surface area contributed by atoms with Crippen molar-refractivity contribution < 1.29 is 4.29 Å². The molecule has 57 valence electrons. The maximum atomic E-state index is 5.21. The van der Waals surface area contributed by atoms with Gasteiger partial charge in [-0.05, 0) is 18.1 Å². The molecule has 1 rings (SSSR count). The first-order valence-corrected chi connectivity index (χ1v) is 3.56. The summed E-state index contributed by atoms with van der Waals surface area (Å²) < 4.78 is 4.61. The highest BCUT2D eigenvalue weighted by molar-refractivity contribution is 6.09. The van der Waals surface area contributed by atoms with E-state index in [2.05, 4.69) is 11.2 Å². The first-order valence-electron chi connectivity index (χ1n) is 3.25. The van der Waals surface area contributed by atoms with E-state index >= 15 is 0 Å². The predicted molar refractivity (Wildman–Crippen MR) is 48.1 cm³/mol. The van der Waals surface area contributed by atoms with Gasteiger partial charge in [0.1, 0.15) is 17.6 Å². The Bertz CT molecular complexity index is 192. The van der Waals surface area contributed by atoms with E-state index in [4.69, 9.17) is 11.9 Å². The number of benzene rings is 1. The highest BCUT2D eigenvalue weighted by Gasteiger charge is 1.97. The van der Waals surface area contributed by atoms with Crippen LogP contribution in [0.5, 0.6) is 5.75 Å². The van der Waals surface area contributed by atoms with Crippen LogP contribution in [0, 0.1) is 0 Å². The van der Waals surface area contributed by atoms with E-state index in [-0.39, 0.29) is 17.4 Å². The van der Waals surface area contributed by atoms with Crippen molar-refractivity contribution in [3.8, 4) is 5.75 Å². The van der Waals surface area contributed by atoms with Gasteiger partial charge in [0.15, 0.2) is 0 Å². The van der Waals surface area contributed by atoms with Crippen LogP contribution in [0.25, 0.3) is 0 Å². The quantitative estimate of drug-likeness (QED) is 0.640. The lowest BCUT2D eigenvalue weighted by Crippen LogP contribution is -1.83. The summed E-state index contributed by atoms with van der Waals surface area (Å²) >= 11 is 5.21. The minimum Gasteiger partial charge on any atom is -0.385 e. The summed E-state index contributed by atoms with van der Waals surface area (Å²) in [4.78, 5) is 0. The van der Waals surface area contributed by atoms with E-state index in [0.717, 1.165) is 17.7 Å². The topological polar surface area (TPSA) is 9.23 Å². The molecule has 0 aliphatic heterocycles.